The Bertz CT molecular complexity index is 282. The average Bonchev–Trinajstić information content (AvgIpc) is 2.37. The lowest BCUT2D eigenvalue weighted by molar-refractivity contribution is 0.110. The first-order chi connectivity index (χ1) is 7.76. The number of hydrogen-bond acceptors (Lipinski definition) is 4. The van der Waals surface area contributed by atoms with Crippen LogP contribution >= 0.6 is 0 Å². The maximum absolute atomic E-state index is 5.26. The van der Waals surface area contributed by atoms with Crippen molar-refractivity contribution >= 4 is 8.97 Å². The molecular weight excluding hydrogens is 222 g/mol. The minimum absolute atomic E-state index is 0.770. The van der Waals surface area contributed by atoms with Crippen molar-refractivity contribution in [2.75, 3.05) is 27.9 Å². The van der Waals surface area contributed by atoms with Gasteiger partial charge in [0.25, 0.3) is 0 Å². The zero-order valence-corrected chi connectivity index (χ0v) is 11.0. The Hall–Kier alpha value is -0.723. The van der Waals surface area contributed by atoms with E-state index in [2.05, 4.69) is 17.1 Å². The molecule has 1 aromatic carbocycles. The molecule has 5 heteroatoms. The largest absolute Gasteiger partial charge is 0.596 e. The van der Waals surface area contributed by atoms with Crippen LogP contribution in [0.3, 0.4) is 0 Å². The molecule has 0 fully saturated rings. The van der Waals surface area contributed by atoms with Crippen LogP contribution in [0.15, 0.2) is 30.3 Å². The van der Waals surface area contributed by atoms with Crippen LogP contribution in [0, 0.1) is 0 Å². The molecule has 90 valence electrons. The van der Waals surface area contributed by atoms with Crippen molar-refractivity contribution in [3.05, 3.63) is 35.9 Å². The normalized spacial score (nSPS) is 11.7. The molecule has 0 aromatic heterocycles. The fraction of sp³-hybridized carbons (Fsp3) is 0.455. The Kier molecular flexibility index (Phi) is 5.65. The summed E-state index contributed by atoms with van der Waals surface area (Å²) in [6.45, 7) is 0.770. The highest BCUT2D eigenvalue weighted by molar-refractivity contribution is 6.57. The van der Waals surface area contributed by atoms with Gasteiger partial charge in [-0.3, -0.25) is 4.98 Å². The number of rotatable bonds is 7. The second-order valence-corrected chi connectivity index (χ2v) is 6.02. The van der Waals surface area contributed by atoms with Crippen molar-refractivity contribution in [2.45, 2.75) is 6.42 Å². The summed E-state index contributed by atoms with van der Waals surface area (Å²) in [6, 6.07) is 10.3. The second-order valence-electron chi connectivity index (χ2n) is 3.33. The van der Waals surface area contributed by atoms with E-state index in [4.69, 9.17) is 13.3 Å². The molecule has 16 heavy (non-hydrogen) atoms. The summed E-state index contributed by atoms with van der Waals surface area (Å²) in [6.07, 6.45) is 0.922. The van der Waals surface area contributed by atoms with Crippen LogP contribution in [0.4, 0.5) is 0 Å². The van der Waals surface area contributed by atoms with E-state index >= 15 is 0 Å². The van der Waals surface area contributed by atoms with Crippen molar-refractivity contribution < 1.29 is 13.3 Å². The van der Waals surface area contributed by atoms with Gasteiger partial charge in [0, 0.05) is 21.3 Å². The van der Waals surface area contributed by atoms with Gasteiger partial charge in [0.15, 0.2) is 0 Å². The molecule has 0 atom stereocenters. The van der Waals surface area contributed by atoms with Crippen molar-refractivity contribution in [1.82, 2.24) is 4.98 Å². The molecular formula is C11H19NO3Si. The monoisotopic (exact) mass is 241 g/mol. The second kappa shape index (κ2) is 6.77. The number of benzene rings is 1. The molecule has 0 saturated heterocycles. The van der Waals surface area contributed by atoms with Crippen LogP contribution < -0.4 is 4.98 Å². The topological polar surface area (TPSA) is 39.7 Å². The summed E-state index contributed by atoms with van der Waals surface area (Å²) >= 11 is 0. The van der Waals surface area contributed by atoms with Crippen LogP contribution in [-0.2, 0) is 19.7 Å². The van der Waals surface area contributed by atoms with Crippen LogP contribution in [0.25, 0.3) is 0 Å². The number of hydrogen-bond donors (Lipinski definition) is 1. The molecule has 0 saturated carbocycles. The molecule has 0 unspecified atom stereocenters. The molecule has 0 heterocycles. The van der Waals surface area contributed by atoms with Gasteiger partial charge in [-0.05, 0) is 18.5 Å². The molecule has 0 bridgehead atoms. The summed E-state index contributed by atoms with van der Waals surface area (Å²) in [7, 11) is 2.15. The SMILES string of the molecule is CO[Si](NCCc1ccccc1)(OC)OC. The van der Waals surface area contributed by atoms with Crippen LogP contribution in [0.5, 0.6) is 0 Å². The van der Waals surface area contributed by atoms with Crippen LogP contribution in [0.1, 0.15) is 5.56 Å². The van der Waals surface area contributed by atoms with E-state index < -0.39 is 8.97 Å². The third-order valence-electron chi connectivity index (χ3n) is 2.40. The first-order valence-corrected chi connectivity index (χ1v) is 6.93. The minimum Gasteiger partial charge on any atom is -0.364 e. The van der Waals surface area contributed by atoms with Gasteiger partial charge in [0.2, 0.25) is 0 Å². The maximum Gasteiger partial charge on any atom is 0.596 e. The predicted molar refractivity (Wildman–Crippen MR) is 64.9 cm³/mol. The zero-order chi connectivity index (χ0) is 11.9. The van der Waals surface area contributed by atoms with Gasteiger partial charge in [-0.25, -0.2) is 0 Å². The van der Waals surface area contributed by atoms with Crippen molar-refractivity contribution in [2.24, 2.45) is 0 Å². The predicted octanol–water partition coefficient (Wildman–Crippen LogP) is 1.19. The molecule has 0 amide bonds. The Morgan fingerprint density at radius 2 is 1.56 bits per heavy atom. The molecule has 1 aromatic rings. The molecule has 1 N–H and O–H groups in total. The lowest BCUT2D eigenvalue weighted by Gasteiger charge is -2.24. The standard InChI is InChI=1S/C11H19NO3Si/c1-13-16(14-2,15-3)12-10-9-11-7-5-4-6-8-11/h4-8,12H,9-10H2,1-3H3. The van der Waals surface area contributed by atoms with Gasteiger partial charge in [-0.2, -0.15) is 0 Å². The van der Waals surface area contributed by atoms with E-state index in [-0.39, 0.29) is 0 Å². The van der Waals surface area contributed by atoms with Gasteiger partial charge in [0.1, 0.15) is 0 Å². The van der Waals surface area contributed by atoms with Crippen LogP contribution in [0.2, 0.25) is 0 Å². The summed E-state index contributed by atoms with van der Waals surface area (Å²) in [5.41, 5.74) is 1.28. The molecule has 1 rings (SSSR count). The smallest absolute Gasteiger partial charge is 0.364 e. The highest BCUT2D eigenvalue weighted by Gasteiger charge is 2.38. The Morgan fingerprint density at radius 1 is 1.00 bits per heavy atom. The molecule has 0 aliphatic carbocycles. The maximum atomic E-state index is 5.26. The average molecular weight is 241 g/mol. The molecule has 0 aliphatic heterocycles. The molecule has 0 spiro atoms. The highest BCUT2D eigenvalue weighted by atomic mass is 28.4. The van der Waals surface area contributed by atoms with Gasteiger partial charge in [-0.1, -0.05) is 30.3 Å². The summed E-state index contributed by atoms with van der Waals surface area (Å²) in [5, 5.41) is 0. The molecule has 0 radical (unpaired) electrons. The van der Waals surface area contributed by atoms with E-state index in [0.717, 1.165) is 13.0 Å². The minimum atomic E-state index is -2.62. The van der Waals surface area contributed by atoms with Crippen molar-refractivity contribution in [3.8, 4) is 0 Å². The number of nitrogens with one attached hydrogen (secondary N) is 1. The lowest BCUT2D eigenvalue weighted by atomic mass is 10.2. The van der Waals surface area contributed by atoms with Crippen molar-refractivity contribution in [1.29, 1.82) is 0 Å². The zero-order valence-electron chi connectivity index (χ0n) is 10.0. The van der Waals surface area contributed by atoms with Crippen LogP contribution in [-0.4, -0.2) is 36.8 Å². The summed E-state index contributed by atoms with van der Waals surface area (Å²) in [5.74, 6) is 0. The lowest BCUT2D eigenvalue weighted by Crippen LogP contribution is -2.57. The Balaban J connectivity index is 2.39. The van der Waals surface area contributed by atoms with Gasteiger partial charge in [0.05, 0.1) is 0 Å². The Labute approximate surface area is 98.0 Å². The van der Waals surface area contributed by atoms with E-state index in [1.54, 1.807) is 21.3 Å². The summed E-state index contributed by atoms with van der Waals surface area (Å²) in [4.78, 5) is 3.20. The first kappa shape index (κ1) is 13.3. The van der Waals surface area contributed by atoms with Gasteiger partial charge < -0.3 is 13.3 Å². The van der Waals surface area contributed by atoms with Gasteiger partial charge in [-0.15, -0.1) is 0 Å². The van der Waals surface area contributed by atoms with E-state index in [9.17, 15) is 0 Å². The third-order valence-corrected chi connectivity index (χ3v) is 4.70. The fourth-order valence-corrected chi connectivity index (χ4v) is 2.84. The summed E-state index contributed by atoms with van der Waals surface area (Å²) < 4.78 is 15.8. The highest BCUT2D eigenvalue weighted by Crippen LogP contribution is 2.03. The van der Waals surface area contributed by atoms with E-state index in [1.807, 2.05) is 18.2 Å². The molecule has 4 nitrogen and oxygen atoms in total. The van der Waals surface area contributed by atoms with Gasteiger partial charge >= 0.3 is 8.97 Å². The van der Waals surface area contributed by atoms with E-state index in [1.165, 1.54) is 5.56 Å². The first-order valence-electron chi connectivity index (χ1n) is 5.20. The Morgan fingerprint density at radius 3 is 2.06 bits per heavy atom. The van der Waals surface area contributed by atoms with Crippen molar-refractivity contribution in [3.63, 3.8) is 0 Å². The quantitative estimate of drug-likeness (QED) is 0.728. The fourth-order valence-electron chi connectivity index (χ4n) is 1.47. The molecule has 0 aliphatic rings. The third kappa shape index (κ3) is 3.69. The van der Waals surface area contributed by atoms with E-state index in [0.29, 0.717) is 0 Å².